The molecule has 0 heterocycles. The van der Waals surface area contributed by atoms with Gasteiger partial charge in [0.05, 0.1) is 4.90 Å². The summed E-state index contributed by atoms with van der Waals surface area (Å²) in [5.74, 6) is 0. The van der Waals surface area contributed by atoms with Gasteiger partial charge in [-0.05, 0) is 45.3 Å². The topological polar surface area (TPSA) is 72.2 Å². The van der Waals surface area contributed by atoms with E-state index in [0.29, 0.717) is 15.1 Å². The van der Waals surface area contributed by atoms with Crippen molar-refractivity contribution < 1.29 is 8.42 Å². The molecule has 0 saturated carbocycles. The minimum absolute atomic E-state index is 0.126. The lowest BCUT2D eigenvalue weighted by Crippen LogP contribution is -2.24. The number of sulfonamides is 1. The van der Waals surface area contributed by atoms with Gasteiger partial charge in [0.25, 0.3) is 0 Å². The maximum absolute atomic E-state index is 12.4. The van der Waals surface area contributed by atoms with E-state index in [-0.39, 0.29) is 18.0 Å². The van der Waals surface area contributed by atoms with Crippen molar-refractivity contribution in [2.24, 2.45) is 5.73 Å². The number of hydrogen-bond donors (Lipinski definition) is 2. The maximum Gasteiger partial charge on any atom is 0.242 e. The van der Waals surface area contributed by atoms with Crippen molar-refractivity contribution in [3.8, 4) is 0 Å². The monoisotopic (exact) mass is 388 g/mol. The van der Waals surface area contributed by atoms with Crippen LogP contribution in [-0.4, -0.2) is 8.42 Å². The molecule has 0 unspecified atom stereocenters. The molecule has 7 heteroatoms. The van der Waals surface area contributed by atoms with E-state index in [0.717, 1.165) is 5.56 Å². The normalized spacial score (nSPS) is 11.6. The summed E-state index contributed by atoms with van der Waals surface area (Å²) in [7, 11) is -3.65. The van der Waals surface area contributed by atoms with E-state index in [1.807, 2.05) is 0 Å². The molecule has 2 rings (SSSR count). The number of nitrogens with two attached hydrogens (primary N) is 1. The van der Waals surface area contributed by atoms with Gasteiger partial charge in [-0.1, -0.05) is 35.9 Å². The van der Waals surface area contributed by atoms with Crippen LogP contribution in [0.1, 0.15) is 11.1 Å². The SMILES string of the molecule is NCc1ccc(Br)c(S(=O)(=O)NCc2ccccc2Cl)c1. The van der Waals surface area contributed by atoms with E-state index in [1.165, 1.54) is 0 Å². The molecule has 0 fully saturated rings. The van der Waals surface area contributed by atoms with Crippen LogP contribution in [0.25, 0.3) is 0 Å². The fraction of sp³-hybridized carbons (Fsp3) is 0.143. The van der Waals surface area contributed by atoms with Crippen LogP contribution in [0.3, 0.4) is 0 Å². The van der Waals surface area contributed by atoms with E-state index < -0.39 is 10.0 Å². The maximum atomic E-state index is 12.4. The molecule has 0 saturated heterocycles. The minimum atomic E-state index is -3.65. The Morgan fingerprint density at radius 2 is 1.90 bits per heavy atom. The van der Waals surface area contributed by atoms with Crippen LogP contribution in [0, 0.1) is 0 Å². The highest BCUT2D eigenvalue weighted by Crippen LogP contribution is 2.24. The zero-order valence-electron chi connectivity index (χ0n) is 11.0. The number of halogens is 2. The van der Waals surface area contributed by atoms with Gasteiger partial charge < -0.3 is 5.73 Å². The molecular weight excluding hydrogens is 376 g/mol. The summed E-state index contributed by atoms with van der Waals surface area (Å²) in [5, 5.41) is 0.523. The second-order valence-electron chi connectivity index (χ2n) is 4.38. The third kappa shape index (κ3) is 4.05. The molecule has 0 amide bonds. The van der Waals surface area contributed by atoms with Gasteiger partial charge in [-0.3, -0.25) is 0 Å². The van der Waals surface area contributed by atoms with Crippen molar-refractivity contribution in [2.75, 3.05) is 0 Å². The Morgan fingerprint density at radius 1 is 1.19 bits per heavy atom. The van der Waals surface area contributed by atoms with Crippen LogP contribution in [-0.2, 0) is 23.1 Å². The average molecular weight is 390 g/mol. The first-order valence-corrected chi connectivity index (χ1v) is 8.81. The molecule has 0 atom stereocenters. The van der Waals surface area contributed by atoms with Crippen molar-refractivity contribution in [1.29, 1.82) is 0 Å². The van der Waals surface area contributed by atoms with Crippen LogP contribution in [0.15, 0.2) is 51.8 Å². The largest absolute Gasteiger partial charge is 0.326 e. The molecule has 0 spiro atoms. The molecule has 21 heavy (non-hydrogen) atoms. The summed E-state index contributed by atoms with van der Waals surface area (Å²) in [5.41, 5.74) is 7.01. The lowest BCUT2D eigenvalue weighted by molar-refractivity contribution is 0.580. The van der Waals surface area contributed by atoms with Crippen LogP contribution in [0.2, 0.25) is 5.02 Å². The summed E-state index contributed by atoms with van der Waals surface area (Å²) in [6.07, 6.45) is 0. The standard InChI is InChI=1S/C14H14BrClN2O2S/c15-12-6-5-10(8-17)7-14(12)21(19,20)18-9-11-3-1-2-4-13(11)16/h1-7,18H,8-9,17H2. The lowest BCUT2D eigenvalue weighted by atomic mass is 10.2. The highest BCUT2D eigenvalue weighted by atomic mass is 79.9. The number of rotatable bonds is 5. The minimum Gasteiger partial charge on any atom is -0.326 e. The van der Waals surface area contributed by atoms with E-state index in [9.17, 15) is 8.42 Å². The zero-order chi connectivity index (χ0) is 15.5. The summed E-state index contributed by atoms with van der Waals surface area (Å²) in [6, 6.07) is 12.1. The van der Waals surface area contributed by atoms with Crippen LogP contribution < -0.4 is 10.5 Å². The van der Waals surface area contributed by atoms with Crippen LogP contribution in [0.4, 0.5) is 0 Å². The van der Waals surface area contributed by atoms with Crippen molar-refractivity contribution in [3.05, 3.63) is 63.1 Å². The zero-order valence-corrected chi connectivity index (χ0v) is 14.2. The van der Waals surface area contributed by atoms with Gasteiger partial charge in [0.15, 0.2) is 0 Å². The molecule has 0 aliphatic heterocycles. The molecule has 0 aliphatic rings. The third-order valence-corrected chi connectivity index (χ3v) is 5.70. The lowest BCUT2D eigenvalue weighted by Gasteiger charge is -2.10. The van der Waals surface area contributed by atoms with Crippen LogP contribution >= 0.6 is 27.5 Å². The molecule has 0 aliphatic carbocycles. The van der Waals surface area contributed by atoms with Crippen molar-refractivity contribution in [3.63, 3.8) is 0 Å². The summed E-state index contributed by atoms with van der Waals surface area (Å²) in [6.45, 7) is 0.404. The molecule has 112 valence electrons. The predicted molar refractivity (Wildman–Crippen MR) is 87.5 cm³/mol. The second kappa shape index (κ2) is 6.89. The first-order chi connectivity index (χ1) is 9.94. The number of benzene rings is 2. The van der Waals surface area contributed by atoms with Crippen LogP contribution in [0.5, 0.6) is 0 Å². The Morgan fingerprint density at radius 3 is 2.57 bits per heavy atom. The van der Waals surface area contributed by atoms with E-state index in [2.05, 4.69) is 20.7 Å². The van der Waals surface area contributed by atoms with Gasteiger partial charge in [-0.15, -0.1) is 0 Å². The second-order valence-corrected chi connectivity index (χ2v) is 7.38. The summed E-state index contributed by atoms with van der Waals surface area (Å²) in [4.78, 5) is 0.164. The Labute approximate surface area is 137 Å². The van der Waals surface area contributed by atoms with Gasteiger partial charge in [-0.25, -0.2) is 13.1 Å². The molecule has 0 bridgehead atoms. The number of nitrogens with one attached hydrogen (secondary N) is 1. The van der Waals surface area contributed by atoms with E-state index >= 15 is 0 Å². The van der Waals surface area contributed by atoms with Crippen molar-refractivity contribution in [1.82, 2.24) is 4.72 Å². The first-order valence-electron chi connectivity index (χ1n) is 6.15. The Kier molecular flexibility index (Phi) is 5.40. The molecular formula is C14H14BrClN2O2S. The van der Waals surface area contributed by atoms with Gasteiger partial charge in [0, 0.05) is 22.6 Å². The molecule has 4 nitrogen and oxygen atoms in total. The Balaban J connectivity index is 2.25. The van der Waals surface area contributed by atoms with Gasteiger partial charge in [0.2, 0.25) is 10.0 Å². The molecule has 2 aromatic rings. The highest BCUT2D eigenvalue weighted by Gasteiger charge is 2.18. The van der Waals surface area contributed by atoms with Gasteiger partial charge in [-0.2, -0.15) is 0 Å². The fourth-order valence-corrected chi connectivity index (χ4v) is 3.99. The Hall–Kier alpha value is -0.920. The fourth-order valence-electron chi connectivity index (χ4n) is 1.77. The van der Waals surface area contributed by atoms with Crippen molar-refractivity contribution >= 4 is 37.6 Å². The predicted octanol–water partition coefficient (Wildman–Crippen LogP) is 3.04. The smallest absolute Gasteiger partial charge is 0.242 e. The first kappa shape index (κ1) is 16.5. The molecule has 0 aromatic heterocycles. The summed E-state index contributed by atoms with van der Waals surface area (Å²) < 4.78 is 27.8. The average Bonchev–Trinajstić information content (AvgIpc) is 2.47. The van der Waals surface area contributed by atoms with Gasteiger partial charge in [0.1, 0.15) is 0 Å². The Bertz CT molecular complexity index is 750. The molecule has 2 aromatic carbocycles. The third-order valence-electron chi connectivity index (χ3n) is 2.93. The molecule has 3 N–H and O–H groups in total. The van der Waals surface area contributed by atoms with Crippen molar-refractivity contribution in [2.45, 2.75) is 18.0 Å². The molecule has 0 radical (unpaired) electrons. The summed E-state index contributed by atoms with van der Waals surface area (Å²) >= 11 is 9.27. The van der Waals surface area contributed by atoms with Gasteiger partial charge >= 0.3 is 0 Å². The van der Waals surface area contributed by atoms with E-state index in [1.54, 1.807) is 42.5 Å². The highest BCUT2D eigenvalue weighted by molar-refractivity contribution is 9.10. The number of hydrogen-bond acceptors (Lipinski definition) is 3. The van der Waals surface area contributed by atoms with E-state index in [4.69, 9.17) is 17.3 Å². The quantitative estimate of drug-likeness (QED) is 0.825.